The van der Waals surface area contributed by atoms with Crippen molar-refractivity contribution in [1.82, 2.24) is 34.9 Å². The average Bonchev–Trinajstić information content (AvgIpc) is 3.48. The van der Waals surface area contributed by atoms with E-state index in [9.17, 15) is 9.59 Å². The van der Waals surface area contributed by atoms with Crippen LogP contribution in [-0.4, -0.2) is 77.8 Å². The number of rotatable bonds is 4. The summed E-state index contributed by atoms with van der Waals surface area (Å²) < 4.78 is 0. The molecular formula is C20H23ClN16O2. The first-order valence-electron chi connectivity index (χ1n) is 11.5. The Kier molecular flexibility index (Phi) is 6.73. The molecule has 19 heteroatoms. The molecular weight excluding hydrogens is 532 g/mol. The average molecular weight is 555 g/mol. The molecule has 9 N–H and O–H groups in total. The first-order chi connectivity index (χ1) is 18.8. The molecule has 0 atom stereocenters. The number of hydrazine groups is 2. The van der Waals surface area contributed by atoms with Crippen LogP contribution in [0, 0.1) is 0 Å². The number of pyridine rings is 1. The Morgan fingerprint density at radius 1 is 1.08 bits per heavy atom. The number of amides is 2. The SMILES string of the molecule is NN=Nc1nc(N=NN)c(C(=O)/N=C2\N(N)CC3(CCN(C(=O)c4cnc5[nH]ccc5c4)CC3)N2N)nc1Cl. The quantitative estimate of drug-likeness (QED) is 0.168. The van der Waals surface area contributed by atoms with Gasteiger partial charge in [0.15, 0.2) is 10.8 Å². The number of aliphatic imine (C=N–C) groups is 1. The summed E-state index contributed by atoms with van der Waals surface area (Å²) in [5.74, 6) is 21.2. The first kappa shape index (κ1) is 25.8. The Labute approximate surface area is 224 Å². The number of carbonyl (C=O) groups is 2. The summed E-state index contributed by atoms with van der Waals surface area (Å²) in [6.07, 6.45) is 4.27. The van der Waals surface area contributed by atoms with Gasteiger partial charge in [-0.05, 0) is 25.0 Å². The van der Waals surface area contributed by atoms with Gasteiger partial charge in [-0.1, -0.05) is 22.0 Å². The van der Waals surface area contributed by atoms with Gasteiger partial charge in [-0.25, -0.2) is 26.6 Å². The molecule has 0 aliphatic carbocycles. The lowest BCUT2D eigenvalue weighted by atomic mass is 9.87. The number of halogens is 1. The largest absolute Gasteiger partial charge is 0.346 e. The lowest BCUT2D eigenvalue weighted by molar-refractivity contribution is 0.0537. The van der Waals surface area contributed by atoms with E-state index in [0.717, 1.165) is 5.39 Å². The number of fused-ring (bicyclic) bond motifs is 1. The number of guanidine groups is 1. The number of H-pyrrole nitrogens is 1. The summed E-state index contributed by atoms with van der Waals surface area (Å²) in [7, 11) is 0. The summed E-state index contributed by atoms with van der Waals surface area (Å²) >= 11 is 6.03. The van der Waals surface area contributed by atoms with E-state index >= 15 is 0 Å². The van der Waals surface area contributed by atoms with E-state index in [2.05, 4.69) is 45.6 Å². The highest BCUT2D eigenvalue weighted by Crippen LogP contribution is 2.34. The van der Waals surface area contributed by atoms with Crippen molar-refractivity contribution in [2.45, 2.75) is 18.4 Å². The number of nitrogens with two attached hydrogens (primary N) is 4. The minimum atomic E-state index is -0.902. The van der Waals surface area contributed by atoms with Gasteiger partial charge in [-0.15, -0.1) is 10.2 Å². The van der Waals surface area contributed by atoms with Gasteiger partial charge in [0.2, 0.25) is 17.6 Å². The van der Waals surface area contributed by atoms with Crippen LogP contribution in [-0.2, 0) is 0 Å². The second-order valence-electron chi connectivity index (χ2n) is 8.81. The van der Waals surface area contributed by atoms with Crippen molar-refractivity contribution in [3.63, 3.8) is 0 Å². The van der Waals surface area contributed by atoms with Gasteiger partial charge in [0, 0.05) is 30.9 Å². The van der Waals surface area contributed by atoms with Gasteiger partial charge < -0.3 is 21.6 Å². The molecule has 2 saturated heterocycles. The predicted molar refractivity (Wildman–Crippen MR) is 137 cm³/mol. The lowest BCUT2D eigenvalue weighted by Gasteiger charge is -2.42. The van der Waals surface area contributed by atoms with E-state index in [4.69, 9.17) is 35.0 Å². The molecule has 202 valence electrons. The van der Waals surface area contributed by atoms with Crippen LogP contribution in [0.4, 0.5) is 11.6 Å². The number of piperidine rings is 1. The normalized spacial score (nSPS) is 18.4. The second-order valence-corrected chi connectivity index (χ2v) is 9.17. The van der Waals surface area contributed by atoms with Crippen LogP contribution in [0.25, 0.3) is 11.0 Å². The number of nitrogens with one attached hydrogen (secondary N) is 1. The highest BCUT2D eigenvalue weighted by Gasteiger charge is 2.49. The fraction of sp³-hybridized carbons (Fsp3) is 0.300. The monoisotopic (exact) mass is 554 g/mol. The number of hydrogen-bond donors (Lipinski definition) is 5. The zero-order valence-electron chi connectivity index (χ0n) is 20.3. The van der Waals surface area contributed by atoms with Crippen LogP contribution in [0.1, 0.15) is 33.7 Å². The zero-order valence-corrected chi connectivity index (χ0v) is 21.0. The summed E-state index contributed by atoms with van der Waals surface area (Å²) in [4.78, 5) is 47.1. The number of hydrogen-bond acceptors (Lipinski definition) is 11. The molecule has 0 saturated carbocycles. The molecule has 2 amide bonds. The molecule has 0 radical (unpaired) electrons. The standard InChI is InChI=1S/C20H23ClN16O2/c21-13-16(32-34-23)29-15(31-33-22)12(28-13)17(38)30-19-36(24)9-20(37(19)25)2-5-35(6-3-20)18(39)11-7-10-1-4-26-14(10)27-8-11/h1,4,7-8H,2-3,5-6,9,24-25H2,(H,26,27)(H4,22,23,29,31,32)/b30-19+. The maximum atomic E-state index is 13.1. The third kappa shape index (κ3) is 4.67. The van der Waals surface area contributed by atoms with E-state index in [0.29, 0.717) is 37.1 Å². The van der Waals surface area contributed by atoms with Crippen LogP contribution in [0.2, 0.25) is 5.15 Å². The Morgan fingerprint density at radius 2 is 1.79 bits per heavy atom. The van der Waals surface area contributed by atoms with Gasteiger partial charge in [-0.2, -0.15) is 4.99 Å². The minimum Gasteiger partial charge on any atom is -0.346 e. The van der Waals surface area contributed by atoms with E-state index in [1.54, 1.807) is 23.4 Å². The highest BCUT2D eigenvalue weighted by atomic mass is 35.5. The Balaban J connectivity index is 1.33. The lowest BCUT2D eigenvalue weighted by Crippen LogP contribution is -2.58. The molecule has 2 aliphatic rings. The molecule has 0 aromatic carbocycles. The van der Waals surface area contributed by atoms with Crippen molar-refractivity contribution in [3.05, 3.63) is 40.9 Å². The summed E-state index contributed by atoms with van der Waals surface area (Å²) in [5.41, 5.74) is 0.171. The van der Waals surface area contributed by atoms with Crippen LogP contribution in [0.15, 0.2) is 50.2 Å². The maximum absolute atomic E-state index is 13.1. The second kappa shape index (κ2) is 10.2. The fourth-order valence-electron chi connectivity index (χ4n) is 4.62. The minimum absolute atomic E-state index is 0.0128. The van der Waals surface area contributed by atoms with E-state index < -0.39 is 11.4 Å². The van der Waals surface area contributed by atoms with E-state index in [1.807, 2.05) is 6.07 Å². The molecule has 2 fully saturated rings. The Morgan fingerprint density at radius 3 is 2.51 bits per heavy atom. The predicted octanol–water partition coefficient (Wildman–Crippen LogP) is 0.457. The first-order valence-corrected chi connectivity index (χ1v) is 11.9. The number of likely N-dealkylation sites (tertiary alicyclic amines) is 1. The van der Waals surface area contributed by atoms with Crippen LogP contribution >= 0.6 is 11.6 Å². The number of aromatic nitrogens is 4. The third-order valence-corrected chi connectivity index (χ3v) is 6.86. The molecule has 5 heterocycles. The Hall–Kier alpha value is -4.81. The summed E-state index contributed by atoms with van der Waals surface area (Å²) in [5, 5.41) is 16.5. The van der Waals surface area contributed by atoms with Gasteiger partial charge >= 0.3 is 5.91 Å². The number of nitrogens with zero attached hydrogens (tertiary/aromatic N) is 11. The molecule has 2 aliphatic heterocycles. The third-order valence-electron chi connectivity index (χ3n) is 6.60. The molecule has 0 bridgehead atoms. The van der Waals surface area contributed by atoms with Crippen molar-refractivity contribution in [3.8, 4) is 0 Å². The van der Waals surface area contributed by atoms with Gasteiger partial charge in [-0.3, -0.25) is 19.6 Å². The van der Waals surface area contributed by atoms with Gasteiger partial charge in [0.05, 0.1) is 17.6 Å². The molecule has 39 heavy (non-hydrogen) atoms. The van der Waals surface area contributed by atoms with E-state index in [-0.39, 0.29) is 40.9 Å². The van der Waals surface area contributed by atoms with Crippen LogP contribution in [0.3, 0.4) is 0 Å². The molecule has 3 aromatic rings. The van der Waals surface area contributed by atoms with Gasteiger partial charge in [0.25, 0.3) is 5.91 Å². The zero-order chi connectivity index (χ0) is 27.7. The van der Waals surface area contributed by atoms with Crippen molar-refractivity contribution in [2.24, 2.45) is 49.0 Å². The number of carbonyl (C=O) groups excluding carboxylic acids is 2. The molecule has 18 nitrogen and oxygen atoms in total. The highest BCUT2D eigenvalue weighted by molar-refractivity contribution is 6.31. The summed E-state index contributed by atoms with van der Waals surface area (Å²) in [6, 6.07) is 3.65. The topological polar surface area (TPSA) is 264 Å². The molecule has 5 rings (SSSR count). The summed E-state index contributed by atoms with van der Waals surface area (Å²) in [6.45, 7) is 1.09. The van der Waals surface area contributed by atoms with E-state index in [1.165, 1.54) is 10.0 Å². The fourth-order valence-corrected chi connectivity index (χ4v) is 4.79. The van der Waals surface area contributed by atoms with Crippen LogP contribution < -0.4 is 23.4 Å². The Bertz CT molecular complexity index is 1530. The van der Waals surface area contributed by atoms with Crippen molar-refractivity contribution < 1.29 is 9.59 Å². The smallest absolute Gasteiger partial charge is 0.302 e. The van der Waals surface area contributed by atoms with Crippen LogP contribution in [0.5, 0.6) is 0 Å². The van der Waals surface area contributed by atoms with Crippen molar-refractivity contribution in [1.29, 1.82) is 0 Å². The van der Waals surface area contributed by atoms with Gasteiger partial charge in [0.1, 0.15) is 5.65 Å². The molecule has 0 unspecified atom stereocenters. The molecule has 1 spiro atoms. The van der Waals surface area contributed by atoms with Crippen molar-refractivity contribution >= 4 is 52.0 Å². The number of aromatic amines is 1. The van der Waals surface area contributed by atoms with Crippen molar-refractivity contribution in [2.75, 3.05) is 19.6 Å². The molecule has 3 aromatic heterocycles. The maximum Gasteiger partial charge on any atom is 0.302 e.